The molecule has 0 saturated heterocycles. The van der Waals surface area contributed by atoms with Crippen LogP contribution in [0, 0.1) is 0 Å². The number of H-pyrrole nitrogens is 1. The van der Waals surface area contributed by atoms with Crippen molar-refractivity contribution in [3.05, 3.63) is 24.7 Å². The van der Waals surface area contributed by atoms with Crippen molar-refractivity contribution in [2.75, 3.05) is 31.6 Å². The Kier molecular flexibility index (Phi) is 5.17. The molecule has 0 atom stereocenters. The molecular formula is C15H20N6O2. The number of pyridine rings is 1. The van der Waals surface area contributed by atoms with Crippen LogP contribution in [0.15, 0.2) is 29.2 Å². The molecule has 3 rings (SSSR count). The number of hydrogen-bond acceptors (Lipinski definition) is 7. The molecule has 23 heavy (non-hydrogen) atoms. The van der Waals surface area contributed by atoms with Crippen molar-refractivity contribution in [2.24, 2.45) is 5.73 Å². The largest absolute Gasteiger partial charge is 0.382 e. The highest BCUT2D eigenvalue weighted by Gasteiger charge is 2.10. The summed E-state index contributed by atoms with van der Waals surface area (Å²) in [4.78, 5) is 4.52. The minimum atomic E-state index is 0.634. The first-order valence-electron chi connectivity index (χ1n) is 7.64. The van der Waals surface area contributed by atoms with E-state index < -0.39 is 0 Å². The van der Waals surface area contributed by atoms with Gasteiger partial charge < -0.3 is 20.3 Å². The van der Waals surface area contributed by atoms with Crippen molar-refractivity contribution in [3.8, 4) is 11.3 Å². The van der Waals surface area contributed by atoms with Gasteiger partial charge in [-0.15, -0.1) is 0 Å². The molecule has 8 nitrogen and oxygen atoms in total. The Morgan fingerprint density at radius 1 is 1.26 bits per heavy atom. The smallest absolute Gasteiger partial charge is 0.157 e. The minimum Gasteiger partial charge on any atom is -0.382 e. The lowest BCUT2D eigenvalue weighted by Gasteiger charge is -2.09. The van der Waals surface area contributed by atoms with E-state index >= 15 is 0 Å². The molecule has 0 aliphatic rings. The van der Waals surface area contributed by atoms with Gasteiger partial charge in [-0.1, -0.05) is 5.16 Å². The number of rotatable bonds is 9. The van der Waals surface area contributed by atoms with E-state index in [0.717, 1.165) is 47.4 Å². The SMILES string of the molecule is NCCCCOCCNc1cc(-c2cnoc2)nc2[nH]ncc12. The van der Waals surface area contributed by atoms with Crippen molar-refractivity contribution < 1.29 is 9.26 Å². The molecule has 122 valence electrons. The molecule has 0 spiro atoms. The van der Waals surface area contributed by atoms with Crippen LogP contribution in [0.1, 0.15) is 12.8 Å². The first-order valence-corrected chi connectivity index (χ1v) is 7.64. The third-order valence-corrected chi connectivity index (χ3v) is 3.46. The maximum absolute atomic E-state index is 5.57. The van der Waals surface area contributed by atoms with Crippen LogP contribution in [0.5, 0.6) is 0 Å². The lowest BCUT2D eigenvalue weighted by molar-refractivity contribution is 0.140. The summed E-state index contributed by atoms with van der Waals surface area (Å²) in [5, 5.41) is 15.0. The second kappa shape index (κ2) is 7.70. The van der Waals surface area contributed by atoms with Crippen LogP contribution in [0.4, 0.5) is 5.69 Å². The Morgan fingerprint density at radius 2 is 2.22 bits per heavy atom. The molecule has 0 unspecified atom stereocenters. The van der Waals surface area contributed by atoms with Gasteiger partial charge in [0.25, 0.3) is 0 Å². The second-order valence-electron chi connectivity index (χ2n) is 5.14. The Balaban J connectivity index is 1.64. The molecule has 0 aromatic carbocycles. The van der Waals surface area contributed by atoms with E-state index in [1.165, 1.54) is 0 Å². The third kappa shape index (κ3) is 3.85. The summed E-state index contributed by atoms with van der Waals surface area (Å²) in [6.07, 6.45) is 6.94. The van der Waals surface area contributed by atoms with Gasteiger partial charge in [0.2, 0.25) is 0 Å². The van der Waals surface area contributed by atoms with Gasteiger partial charge >= 0.3 is 0 Å². The molecule has 0 radical (unpaired) electrons. The summed E-state index contributed by atoms with van der Waals surface area (Å²) >= 11 is 0. The van der Waals surface area contributed by atoms with Crippen LogP contribution in [-0.2, 0) is 4.74 Å². The highest BCUT2D eigenvalue weighted by Crippen LogP contribution is 2.26. The van der Waals surface area contributed by atoms with E-state index in [4.69, 9.17) is 15.0 Å². The zero-order chi connectivity index (χ0) is 15.9. The monoisotopic (exact) mass is 316 g/mol. The molecule has 0 saturated carbocycles. The predicted molar refractivity (Wildman–Crippen MR) is 87.0 cm³/mol. The third-order valence-electron chi connectivity index (χ3n) is 3.46. The van der Waals surface area contributed by atoms with Gasteiger partial charge in [0.05, 0.1) is 35.6 Å². The normalized spacial score (nSPS) is 11.2. The number of fused-ring (bicyclic) bond motifs is 1. The molecule has 3 heterocycles. The zero-order valence-electron chi connectivity index (χ0n) is 12.8. The van der Waals surface area contributed by atoms with Gasteiger partial charge in [0, 0.05) is 18.8 Å². The van der Waals surface area contributed by atoms with Gasteiger partial charge in [-0.05, 0) is 25.5 Å². The predicted octanol–water partition coefficient (Wildman–Crippen LogP) is 1.78. The average molecular weight is 316 g/mol. The van der Waals surface area contributed by atoms with Gasteiger partial charge in [0.1, 0.15) is 6.26 Å². The number of unbranched alkanes of at least 4 members (excludes halogenated alkanes) is 1. The van der Waals surface area contributed by atoms with Crippen molar-refractivity contribution in [3.63, 3.8) is 0 Å². The molecule has 3 aromatic heterocycles. The van der Waals surface area contributed by atoms with Crippen LogP contribution in [0.25, 0.3) is 22.3 Å². The Morgan fingerprint density at radius 3 is 3.04 bits per heavy atom. The fourth-order valence-electron chi connectivity index (χ4n) is 2.26. The van der Waals surface area contributed by atoms with Gasteiger partial charge in [-0.2, -0.15) is 5.10 Å². The van der Waals surface area contributed by atoms with Gasteiger partial charge in [0.15, 0.2) is 5.65 Å². The summed E-state index contributed by atoms with van der Waals surface area (Å²) in [5.41, 5.74) is 8.71. The topological polar surface area (TPSA) is 115 Å². The highest BCUT2D eigenvalue weighted by atomic mass is 16.5. The van der Waals surface area contributed by atoms with Crippen molar-refractivity contribution in [1.82, 2.24) is 20.3 Å². The van der Waals surface area contributed by atoms with Crippen LogP contribution < -0.4 is 11.1 Å². The first kappa shape index (κ1) is 15.4. The number of nitrogens with two attached hydrogens (primary N) is 1. The molecule has 0 amide bonds. The molecule has 0 aliphatic heterocycles. The summed E-state index contributed by atoms with van der Waals surface area (Å²) in [5.74, 6) is 0. The Hall–Kier alpha value is -2.45. The molecule has 3 aromatic rings. The van der Waals surface area contributed by atoms with Crippen molar-refractivity contribution in [1.29, 1.82) is 0 Å². The molecule has 0 bridgehead atoms. The first-order chi connectivity index (χ1) is 11.4. The zero-order valence-corrected chi connectivity index (χ0v) is 12.8. The maximum atomic E-state index is 5.57. The summed E-state index contributed by atoms with van der Waals surface area (Å²) in [7, 11) is 0. The van der Waals surface area contributed by atoms with E-state index in [9.17, 15) is 0 Å². The van der Waals surface area contributed by atoms with Gasteiger partial charge in [-0.3, -0.25) is 5.10 Å². The van der Waals surface area contributed by atoms with Crippen molar-refractivity contribution in [2.45, 2.75) is 12.8 Å². The Bertz CT molecular complexity index is 725. The molecular weight excluding hydrogens is 296 g/mol. The number of ether oxygens (including phenoxy) is 1. The Labute approximate surface area is 133 Å². The van der Waals surface area contributed by atoms with Crippen LogP contribution >= 0.6 is 0 Å². The number of nitrogens with zero attached hydrogens (tertiary/aromatic N) is 3. The standard InChI is InChI=1S/C15H20N6O2/c16-3-1-2-5-22-6-4-17-14-7-13(11-8-19-23-10-11)20-15-12(14)9-18-21-15/h7-10H,1-6,16H2,(H2,17,18,20,21). The van der Waals surface area contributed by atoms with E-state index in [0.29, 0.717) is 19.7 Å². The van der Waals surface area contributed by atoms with E-state index in [-0.39, 0.29) is 0 Å². The second-order valence-corrected chi connectivity index (χ2v) is 5.14. The minimum absolute atomic E-state index is 0.634. The number of aromatic nitrogens is 4. The molecule has 8 heteroatoms. The lowest BCUT2D eigenvalue weighted by atomic mass is 10.2. The van der Waals surface area contributed by atoms with Crippen molar-refractivity contribution >= 4 is 16.7 Å². The van der Waals surface area contributed by atoms with Gasteiger partial charge in [-0.25, -0.2) is 4.98 Å². The number of aromatic amines is 1. The highest BCUT2D eigenvalue weighted by molar-refractivity contribution is 5.91. The quantitative estimate of drug-likeness (QED) is 0.515. The van der Waals surface area contributed by atoms with E-state index in [2.05, 4.69) is 25.7 Å². The molecule has 4 N–H and O–H groups in total. The summed E-state index contributed by atoms with van der Waals surface area (Å²) in [6, 6.07) is 1.96. The maximum Gasteiger partial charge on any atom is 0.157 e. The molecule has 0 aliphatic carbocycles. The average Bonchev–Trinajstić information content (AvgIpc) is 3.24. The van der Waals surface area contributed by atoms with Crippen LogP contribution in [-0.4, -0.2) is 46.6 Å². The fraction of sp³-hybridized carbons (Fsp3) is 0.400. The molecule has 0 fully saturated rings. The van der Waals surface area contributed by atoms with Crippen LogP contribution in [0.3, 0.4) is 0 Å². The fourth-order valence-corrected chi connectivity index (χ4v) is 2.26. The summed E-state index contributed by atoms with van der Waals surface area (Å²) < 4.78 is 10.5. The van der Waals surface area contributed by atoms with Crippen LogP contribution in [0.2, 0.25) is 0 Å². The number of anilines is 1. The summed E-state index contributed by atoms with van der Waals surface area (Å²) in [6.45, 7) is 2.79. The lowest BCUT2D eigenvalue weighted by Crippen LogP contribution is -2.11. The number of hydrogen-bond donors (Lipinski definition) is 3. The number of nitrogens with one attached hydrogen (secondary N) is 2. The van der Waals surface area contributed by atoms with E-state index in [1.54, 1.807) is 18.7 Å². The van der Waals surface area contributed by atoms with E-state index in [1.807, 2.05) is 6.07 Å².